The predicted molar refractivity (Wildman–Crippen MR) is 74.8 cm³/mol. The number of quaternary nitrogens is 1. The minimum absolute atomic E-state index is 0.0310. The van der Waals surface area contributed by atoms with Crippen LogP contribution >= 0.6 is 11.3 Å². The Morgan fingerprint density at radius 1 is 1.56 bits per heavy atom. The number of urea groups is 1. The molecule has 1 aliphatic rings. The van der Waals surface area contributed by atoms with Crippen molar-refractivity contribution in [3.05, 3.63) is 11.6 Å². The Morgan fingerprint density at radius 3 is 2.78 bits per heavy atom. The van der Waals surface area contributed by atoms with Gasteiger partial charge in [-0.1, -0.05) is 18.3 Å². The first-order valence-electron chi connectivity index (χ1n) is 6.44. The van der Waals surface area contributed by atoms with Gasteiger partial charge in [-0.2, -0.15) is 4.98 Å². The molecule has 1 saturated heterocycles. The number of piperazine rings is 1. The van der Waals surface area contributed by atoms with Crippen LogP contribution in [0.25, 0.3) is 0 Å². The van der Waals surface area contributed by atoms with Crippen LogP contribution in [-0.4, -0.2) is 55.7 Å². The summed E-state index contributed by atoms with van der Waals surface area (Å²) < 4.78 is 0.932. The van der Waals surface area contributed by atoms with E-state index in [2.05, 4.69) is 17.2 Å². The van der Waals surface area contributed by atoms with Crippen LogP contribution in [0, 0.1) is 0 Å². The lowest BCUT2D eigenvalue weighted by Gasteiger charge is -2.42. The summed E-state index contributed by atoms with van der Waals surface area (Å²) in [6, 6.07) is 0.0310. The Balaban J connectivity index is 2.09. The van der Waals surface area contributed by atoms with Crippen LogP contribution in [0.2, 0.25) is 0 Å². The number of rotatable bonds is 3. The molecule has 6 heteroatoms. The molecule has 1 N–H and O–H groups in total. The lowest BCUT2D eigenvalue weighted by molar-refractivity contribution is 0.142. The largest absolute Gasteiger partial charge is 0.341 e. The number of thiazole rings is 1. The summed E-state index contributed by atoms with van der Waals surface area (Å²) in [7, 11) is 1.69. The monoisotopic (exact) mass is 269 g/mol. The van der Waals surface area contributed by atoms with Crippen LogP contribution < -0.4 is 9.80 Å². The summed E-state index contributed by atoms with van der Waals surface area (Å²) in [6.07, 6.45) is 3.01. The molecule has 100 valence electrons. The number of aromatic nitrogens is 1. The average Bonchev–Trinajstić information content (AvgIpc) is 2.93. The van der Waals surface area contributed by atoms with Crippen LogP contribution in [0.4, 0.5) is 9.93 Å². The van der Waals surface area contributed by atoms with Crippen molar-refractivity contribution in [1.82, 2.24) is 19.7 Å². The van der Waals surface area contributed by atoms with Crippen LogP contribution in [0.5, 0.6) is 0 Å². The van der Waals surface area contributed by atoms with E-state index in [1.807, 2.05) is 16.5 Å². The number of carbonyl (C=O) groups is 1. The molecule has 18 heavy (non-hydrogen) atoms. The summed E-state index contributed by atoms with van der Waals surface area (Å²) in [6.45, 7) is 6.86. The highest BCUT2D eigenvalue weighted by Crippen LogP contribution is 2.28. The third-order valence-corrected chi connectivity index (χ3v) is 4.54. The second-order valence-electron chi connectivity index (χ2n) is 4.67. The Morgan fingerprint density at radius 2 is 2.28 bits per heavy atom. The van der Waals surface area contributed by atoms with E-state index >= 15 is 0 Å². The molecule has 0 radical (unpaired) electrons. The predicted octanol–water partition coefficient (Wildman–Crippen LogP) is 1.52. The zero-order valence-electron chi connectivity index (χ0n) is 11.1. The van der Waals surface area contributed by atoms with Crippen molar-refractivity contribution in [2.75, 3.05) is 39.8 Å². The molecule has 0 unspecified atom stereocenters. The van der Waals surface area contributed by atoms with E-state index in [0.717, 1.165) is 43.6 Å². The molecule has 1 fully saturated rings. The van der Waals surface area contributed by atoms with Gasteiger partial charge in [-0.15, -0.1) is 0 Å². The van der Waals surface area contributed by atoms with Crippen molar-refractivity contribution in [2.45, 2.75) is 13.3 Å². The number of carbonyl (C=O) groups excluding carboxylic acids is 1. The Bertz CT molecular complexity index is 385. The second kappa shape index (κ2) is 5.67. The minimum atomic E-state index is 0.0310. The molecule has 1 aliphatic heterocycles. The molecule has 0 atom stereocenters. The Labute approximate surface area is 112 Å². The van der Waals surface area contributed by atoms with Gasteiger partial charge in [-0.05, 0) is 6.42 Å². The van der Waals surface area contributed by atoms with Gasteiger partial charge in [0, 0.05) is 18.6 Å². The molecular formula is C12H21N4OS+. The number of amides is 2. The lowest BCUT2D eigenvalue weighted by atomic mass is 10.2. The highest BCUT2D eigenvalue weighted by atomic mass is 32.1. The molecule has 0 spiro atoms. The third-order valence-electron chi connectivity index (χ3n) is 3.57. The summed E-state index contributed by atoms with van der Waals surface area (Å²) in [4.78, 5) is 18.0. The highest BCUT2D eigenvalue weighted by Gasteiger charge is 2.37. The third kappa shape index (κ3) is 2.49. The van der Waals surface area contributed by atoms with Gasteiger partial charge in [-0.3, -0.25) is 4.48 Å². The maximum Gasteiger partial charge on any atom is 0.317 e. The minimum Gasteiger partial charge on any atom is -0.341 e. The van der Waals surface area contributed by atoms with E-state index in [1.165, 1.54) is 5.13 Å². The van der Waals surface area contributed by atoms with Crippen molar-refractivity contribution >= 4 is 22.5 Å². The molecular weight excluding hydrogens is 248 g/mol. The summed E-state index contributed by atoms with van der Waals surface area (Å²) in [5.41, 5.74) is 0. The van der Waals surface area contributed by atoms with Crippen molar-refractivity contribution in [3.63, 3.8) is 0 Å². The Kier molecular flexibility index (Phi) is 4.19. The first kappa shape index (κ1) is 13.3. The maximum atomic E-state index is 11.6. The number of hydrogen-bond donors (Lipinski definition) is 1. The van der Waals surface area contributed by atoms with Gasteiger partial charge in [0.05, 0.1) is 19.6 Å². The summed E-state index contributed by atoms with van der Waals surface area (Å²) >= 11 is 1.73. The molecule has 1 aromatic heterocycles. The fourth-order valence-corrected chi connectivity index (χ4v) is 3.46. The molecule has 1 aromatic rings. The van der Waals surface area contributed by atoms with Gasteiger partial charge in [0.25, 0.3) is 5.13 Å². The quantitative estimate of drug-likeness (QED) is 0.846. The standard InChI is InChI=1S/C12H20N4OS/c1-3-7-16(12-14-4-10-18-12)8-5-15(6-9-16)11(17)13-2/h4,10H,3,5-9H2,1-2H3/p+1. The van der Waals surface area contributed by atoms with E-state index in [-0.39, 0.29) is 6.03 Å². The average molecular weight is 269 g/mol. The van der Waals surface area contributed by atoms with Crippen LogP contribution in [0.3, 0.4) is 0 Å². The first-order chi connectivity index (χ1) is 8.72. The molecule has 2 rings (SSSR count). The second-order valence-corrected chi connectivity index (χ2v) is 5.55. The van der Waals surface area contributed by atoms with Gasteiger partial charge in [-0.25, -0.2) is 4.79 Å². The fourth-order valence-electron chi connectivity index (χ4n) is 2.60. The summed E-state index contributed by atoms with van der Waals surface area (Å²) in [5.74, 6) is 0. The first-order valence-corrected chi connectivity index (χ1v) is 7.32. The van der Waals surface area contributed by atoms with Gasteiger partial charge in [0.1, 0.15) is 13.1 Å². The van der Waals surface area contributed by atoms with Crippen LogP contribution in [0.15, 0.2) is 11.6 Å². The fraction of sp³-hybridized carbons (Fsp3) is 0.667. The van der Waals surface area contributed by atoms with Gasteiger partial charge in [0.2, 0.25) is 0 Å². The Hall–Kier alpha value is -1.14. The summed E-state index contributed by atoms with van der Waals surface area (Å²) in [5, 5.41) is 5.92. The van der Waals surface area contributed by atoms with E-state index in [9.17, 15) is 4.79 Å². The van der Waals surface area contributed by atoms with Gasteiger partial charge in [0.15, 0.2) is 0 Å². The van der Waals surface area contributed by atoms with Crippen molar-refractivity contribution in [3.8, 4) is 0 Å². The van der Waals surface area contributed by atoms with Crippen molar-refractivity contribution in [1.29, 1.82) is 0 Å². The van der Waals surface area contributed by atoms with Crippen LogP contribution in [-0.2, 0) is 0 Å². The van der Waals surface area contributed by atoms with E-state index < -0.39 is 0 Å². The zero-order valence-corrected chi connectivity index (χ0v) is 11.9. The molecule has 2 amide bonds. The van der Waals surface area contributed by atoms with E-state index in [0.29, 0.717) is 0 Å². The van der Waals surface area contributed by atoms with Gasteiger partial charge < -0.3 is 10.2 Å². The molecule has 0 aromatic carbocycles. The van der Waals surface area contributed by atoms with Gasteiger partial charge >= 0.3 is 6.03 Å². The maximum absolute atomic E-state index is 11.6. The molecule has 0 bridgehead atoms. The number of nitrogens with one attached hydrogen (secondary N) is 1. The smallest absolute Gasteiger partial charge is 0.317 e. The molecule has 0 aliphatic carbocycles. The van der Waals surface area contributed by atoms with E-state index in [1.54, 1.807) is 18.4 Å². The molecule has 0 saturated carbocycles. The SMILES string of the molecule is CCC[N+]1(c2nccs2)CCN(C(=O)NC)CC1. The lowest BCUT2D eigenvalue weighted by Crippen LogP contribution is -2.62. The number of nitrogens with zero attached hydrogens (tertiary/aromatic N) is 3. The number of hydrogen-bond acceptors (Lipinski definition) is 3. The normalized spacial score (nSPS) is 18.7. The zero-order chi connectivity index (χ0) is 13.0. The van der Waals surface area contributed by atoms with E-state index in [4.69, 9.17) is 0 Å². The van der Waals surface area contributed by atoms with Crippen molar-refractivity contribution < 1.29 is 4.79 Å². The van der Waals surface area contributed by atoms with Crippen LogP contribution in [0.1, 0.15) is 13.3 Å². The van der Waals surface area contributed by atoms with Crippen molar-refractivity contribution in [2.24, 2.45) is 0 Å². The highest BCUT2D eigenvalue weighted by molar-refractivity contribution is 7.13. The molecule has 5 nitrogen and oxygen atoms in total. The molecule has 2 heterocycles. The topological polar surface area (TPSA) is 45.2 Å².